The van der Waals surface area contributed by atoms with E-state index in [4.69, 9.17) is 0 Å². The number of hydrogen-bond acceptors (Lipinski definition) is 2. The van der Waals surface area contributed by atoms with Crippen LogP contribution < -0.4 is 5.32 Å². The minimum absolute atomic E-state index is 0.583. The summed E-state index contributed by atoms with van der Waals surface area (Å²) in [5, 5.41) is 8.17. The Morgan fingerprint density at radius 2 is 2.33 bits per heavy atom. The van der Waals surface area contributed by atoms with Crippen molar-refractivity contribution in [2.24, 2.45) is 5.92 Å². The van der Waals surface area contributed by atoms with E-state index < -0.39 is 0 Å². The molecular formula is C12H18BrNS. The molecule has 0 radical (unpaired) electrons. The third-order valence-electron chi connectivity index (χ3n) is 3.21. The van der Waals surface area contributed by atoms with Crippen molar-refractivity contribution in [2.75, 3.05) is 6.54 Å². The smallest absolute Gasteiger partial charge is 0.0368 e. The van der Waals surface area contributed by atoms with Crippen molar-refractivity contribution < 1.29 is 0 Å². The molecule has 15 heavy (non-hydrogen) atoms. The highest BCUT2D eigenvalue weighted by Crippen LogP contribution is 2.41. The molecule has 2 rings (SSSR count). The first-order valence-electron chi connectivity index (χ1n) is 5.78. The van der Waals surface area contributed by atoms with E-state index in [9.17, 15) is 0 Å². The largest absolute Gasteiger partial charge is 0.310 e. The molecule has 1 atom stereocenters. The highest BCUT2D eigenvalue weighted by atomic mass is 79.9. The second kappa shape index (κ2) is 5.46. The molecule has 0 bridgehead atoms. The Bertz CT molecular complexity index is 306. The van der Waals surface area contributed by atoms with Crippen molar-refractivity contribution in [1.82, 2.24) is 5.32 Å². The fourth-order valence-corrected chi connectivity index (χ4v) is 3.70. The van der Waals surface area contributed by atoms with Crippen LogP contribution in [0.15, 0.2) is 15.2 Å². The van der Waals surface area contributed by atoms with Crippen molar-refractivity contribution in [1.29, 1.82) is 0 Å². The molecule has 1 aliphatic rings. The van der Waals surface area contributed by atoms with Gasteiger partial charge in [0, 0.05) is 15.9 Å². The van der Waals surface area contributed by atoms with Gasteiger partial charge in [-0.15, -0.1) is 0 Å². The van der Waals surface area contributed by atoms with Gasteiger partial charge < -0.3 is 5.32 Å². The molecule has 0 aromatic carbocycles. The van der Waals surface area contributed by atoms with Crippen LogP contribution in [0.3, 0.4) is 0 Å². The molecule has 0 spiro atoms. The van der Waals surface area contributed by atoms with Crippen LogP contribution in [0, 0.1) is 5.92 Å². The number of nitrogens with one attached hydrogen (secondary N) is 1. The van der Waals surface area contributed by atoms with E-state index in [0.29, 0.717) is 6.04 Å². The third-order valence-corrected chi connectivity index (χ3v) is 4.96. The lowest BCUT2D eigenvalue weighted by atomic mass is 9.77. The van der Waals surface area contributed by atoms with Gasteiger partial charge in [-0.25, -0.2) is 0 Å². The molecule has 1 saturated carbocycles. The average molecular weight is 288 g/mol. The summed E-state index contributed by atoms with van der Waals surface area (Å²) in [6.45, 7) is 3.36. The number of halogens is 1. The summed E-state index contributed by atoms with van der Waals surface area (Å²) in [7, 11) is 0. The zero-order valence-electron chi connectivity index (χ0n) is 9.13. The average Bonchev–Trinajstić information content (AvgIpc) is 2.55. The molecule has 0 amide bonds. The Labute approximate surface area is 104 Å². The summed E-state index contributed by atoms with van der Waals surface area (Å²) in [6.07, 6.45) is 5.41. The van der Waals surface area contributed by atoms with E-state index in [-0.39, 0.29) is 0 Å². The fourth-order valence-electron chi connectivity index (χ4n) is 2.12. The van der Waals surface area contributed by atoms with Crippen LogP contribution in [0.1, 0.15) is 44.2 Å². The Balaban J connectivity index is 2.07. The van der Waals surface area contributed by atoms with Gasteiger partial charge in [-0.05, 0) is 58.6 Å². The first-order chi connectivity index (χ1) is 7.33. The molecule has 1 aromatic heterocycles. The van der Waals surface area contributed by atoms with E-state index in [1.54, 1.807) is 11.3 Å². The Morgan fingerprint density at radius 3 is 2.80 bits per heavy atom. The minimum atomic E-state index is 0.583. The molecule has 1 fully saturated rings. The number of thiophene rings is 1. The van der Waals surface area contributed by atoms with Gasteiger partial charge in [0.05, 0.1) is 0 Å². The molecule has 84 valence electrons. The molecule has 0 saturated heterocycles. The zero-order valence-corrected chi connectivity index (χ0v) is 11.5. The summed E-state index contributed by atoms with van der Waals surface area (Å²) >= 11 is 5.44. The molecular weight excluding hydrogens is 270 g/mol. The lowest BCUT2D eigenvalue weighted by Crippen LogP contribution is -2.32. The number of hydrogen-bond donors (Lipinski definition) is 1. The van der Waals surface area contributed by atoms with Crippen molar-refractivity contribution in [3.8, 4) is 0 Å². The lowest BCUT2D eigenvalue weighted by Gasteiger charge is -2.34. The maximum Gasteiger partial charge on any atom is 0.0368 e. The topological polar surface area (TPSA) is 12.0 Å². The molecule has 1 N–H and O–H groups in total. The van der Waals surface area contributed by atoms with Gasteiger partial charge in [-0.2, -0.15) is 11.3 Å². The zero-order chi connectivity index (χ0) is 10.7. The molecule has 1 nitrogen and oxygen atoms in total. The minimum Gasteiger partial charge on any atom is -0.310 e. The molecule has 1 heterocycles. The van der Waals surface area contributed by atoms with Crippen molar-refractivity contribution in [2.45, 2.75) is 38.6 Å². The van der Waals surface area contributed by atoms with E-state index in [2.05, 4.69) is 38.9 Å². The second-order valence-corrected chi connectivity index (χ2v) is 5.90. The van der Waals surface area contributed by atoms with Gasteiger partial charge in [0.1, 0.15) is 0 Å². The summed E-state index contributed by atoms with van der Waals surface area (Å²) in [4.78, 5) is 0. The summed E-state index contributed by atoms with van der Waals surface area (Å²) in [5.41, 5.74) is 1.47. The van der Waals surface area contributed by atoms with Gasteiger partial charge >= 0.3 is 0 Å². The van der Waals surface area contributed by atoms with Crippen LogP contribution in [0.4, 0.5) is 0 Å². The highest BCUT2D eigenvalue weighted by Gasteiger charge is 2.29. The van der Waals surface area contributed by atoms with Crippen LogP contribution in [0.2, 0.25) is 0 Å². The predicted molar refractivity (Wildman–Crippen MR) is 70.4 cm³/mol. The summed E-state index contributed by atoms with van der Waals surface area (Å²) in [6, 6.07) is 0.583. The Hall–Kier alpha value is 0.140. The fraction of sp³-hybridized carbons (Fsp3) is 0.667. The summed E-state index contributed by atoms with van der Waals surface area (Å²) in [5.74, 6) is 0.863. The van der Waals surface area contributed by atoms with E-state index in [1.807, 2.05) is 0 Å². The normalized spacial score (nSPS) is 18.8. The molecule has 1 aliphatic carbocycles. The molecule has 3 heteroatoms. The maximum atomic E-state index is 3.69. The summed E-state index contributed by atoms with van der Waals surface area (Å²) < 4.78 is 1.29. The van der Waals surface area contributed by atoms with Crippen molar-refractivity contribution in [3.63, 3.8) is 0 Å². The SMILES string of the molecule is CCCNC(c1cscc1Br)C1CCC1. The highest BCUT2D eigenvalue weighted by molar-refractivity contribution is 9.10. The molecule has 1 aromatic rings. The van der Waals surface area contributed by atoms with Crippen LogP contribution in [-0.2, 0) is 0 Å². The monoisotopic (exact) mass is 287 g/mol. The standard InChI is InChI=1S/C12H18BrNS/c1-2-6-14-12(9-4-3-5-9)10-7-15-8-11(10)13/h7-9,12,14H,2-6H2,1H3. The third kappa shape index (κ3) is 2.63. The predicted octanol–water partition coefficient (Wildman–Crippen LogP) is 4.35. The Kier molecular flexibility index (Phi) is 4.23. The van der Waals surface area contributed by atoms with Gasteiger partial charge in [-0.1, -0.05) is 13.3 Å². The van der Waals surface area contributed by atoms with E-state index >= 15 is 0 Å². The van der Waals surface area contributed by atoms with Crippen LogP contribution >= 0.6 is 27.3 Å². The maximum absolute atomic E-state index is 3.69. The quantitative estimate of drug-likeness (QED) is 0.849. The van der Waals surface area contributed by atoms with Crippen LogP contribution in [-0.4, -0.2) is 6.54 Å². The van der Waals surface area contributed by atoms with E-state index in [0.717, 1.165) is 12.5 Å². The van der Waals surface area contributed by atoms with Gasteiger partial charge in [0.25, 0.3) is 0 Å². The van der Waals surface area contributed by atoms with Gasteiger partial charge in [-0.3, -0.25) is 0 Å². The van der Waals surface area contributed by atoms with Crippen molar-refractivity contribution in [3.05, 3.63) is 20.8 Å². The van der Waals surface area contributed by atoms with Crippen LogP contribution in [0.25, 0.3) is 0 Å². The van der Waals surface area contributed by atoms with Crippen molar-refractivity contribution >= 4 is 27.3 Å². The number of rotatable bonds is 5. The molecule has 1 unspecified atom stereocenters. The Morgan fingerprint density at radius 1 is 1.53 bits per heavy atom. The second-order valence-electron chi connectivity index (χ2n) is 4.30. The van der Waals surface area contributed by atoms with Gasteiger partial charge in [0.2, 0.25) is 0 Å². The first-order valence-corrected chi connectivity index (χ1v) is 7.51. The van der Waals surface area contributed by atoms with Crippen LogP contribution in [0.5, 0.6) is 0 Å². The first kappa shape index (κ1) is 11.6. The lowest BCUT2D eigenvalue weighted by molar-refractivity contribution is 0.231. The molecule has 0 aliphatic heterocycles. The van der Waals surface area contributed by atoms with E-state index in [1.165, 1.54) is 35.7 Å². The van der Waals surface area contributed by atoms with Gasteiger partial charge in [0.15, 0.2) is 0 Å².